The Labute approximate surface area is 131 Å². The fraction of sp³-hybridized carbons (Fsp3) is 0.467. The van der Waals surface area contributed by atoms with E-state index in [4.69, 9.17) is 5.73 Å². The molecule has 1 saturated heterocycles. The monoisotopic (exact) mass is 329 g/mol. The molecule has 0 aromatic heterocycles. The number of carbonyl (C=O) groups excluding carboxylic acids is 2. The van der Waals surface area contributed by atoms with Crippen molar-refractivity contribution >= 4 is 11.9 Å². The van der Waals surface area contributed by atoms with E-state index in [1.54, 1.807) is 0 Å². The zero-order valence-corrected chi connectivity index (χ0v) is 12.6. The molecular weight excluding hydrogens is 311 g/mol. The molecule has 2 rings (SSSR count). The summed E-state index contributed by atoms with van der Waals surface area (Å²) in [5, 5.41) is 2.54. The van der Waals surface area contributed by atoms with Gasteiger partial charge in [-0.15, -0.1) is 0 Å². The van der Waals surface area contributed by atoms with Crippen molar-refractivity contribution in [2.75, 3.05) is 13.1 Å². The Kier molecular flexibility index (Phi) is 4.82. The molecule has 2 atom stereocenters. The van der Waals surface area contributed by atoms with Gasteiger partial charge < -0.3 is 16.0 Å². The summed E-state index contributed by atoms with van der Waals surface area (Å²) >= 11 is 0. The van der Waals surface area contributed by atoms with Crippen molar-refractivity contribution < 1.29 is 22.8 Å². The molecule has 1 aromatic carbocycles. The van der Waals surface area contributed by atoms with Crippen LogP contribution >= 0.6 is 0 Å². The Hall–Kier alpha value is -2.25. The summed E-state index contributed by atoms with van der Waals surface area (Å²) in [4.78, 5) is 24.6. The van der Waals surface area contributed by atoms with Crippen molar-refractivity contribution in [3.05, 3.63) is 35.4 Å². The van der Waals surface area contributed by atoms with Crippen LogP contribution in [0.1, 0.15) is 30.5 Å². The highest BCUT2D eigenvalue weighted by Gasteiger charge is 2.35. The lowest BCUT2D eigenvalue weighted by molar-refractivity contribution is -0.138. The van der Waals surface area contributed by atoms with Gasteiger partial charge in [0.05, 0.1) is 17.5 Å². The molecule has 0 radical (unpaired) electrons. The van der Waals surface area contributed by atoms with Gasteiger partial charge in [-0.2, -0.15) is 13.2 Å². The summed E-state index contributed by atoms with van der Waals surface area (Å²) in [6.07, 6.45) is -4.02. The first-order valence-corrected chi connectivity index (χ1v) is 7.21. The second-order valence-electron chi connectivity index (χ2n) is 5.59. The maximum atomic E-state index is 13.0. The normalized spacial score (nSPS) is 19.5. The lowest BCUT2D eigenvalue weighted by atomic mass is 10.0. The zero-order valence-electron chi connectivity index (χ0n) is 12.6. The van der Waals surface area contributed by atoms with Crippen molar-refractivity contribution in [2.45, 2.75) is 25.6 Å². The van der Waals surface area contributed by atoms with E-state index in [2.05, 4.69) is 5.32 Å². The number of rotatable bonds is 3. The number of hydrogen-bond donors (Lipinski definition) is 2. The van der Waals surface area contributed by atoms with Crippen LogP contribution in [0.5, 0.6) is 0 Å². The largest absolute Gasteiger partial charge is 0.416 e. The minimum absolute atomic E-state index is 0.000928. The Morgan fingerprint density at radius 1 is 1.35 bits per heavy atom. The maximum absolute atomic E-state index is 13.0. The molecule has 0 saturated carbocycles. The average Bonchev–Trinajstić information content (AvgIpc) is 2.96. The molecule has 126 valence electrons. The number of nitrogens with two attached hydrogens (primary N) is 1. The third-order valence-corrected chi connectivity index (χ3v) is 3.95. The van der Waals surface area contributed by atoms with Gasteiger partial charge >= 0.3 is 12.2 Å². The maximum Gasteiger partial charge on any atom is 0.416 e. The lowest BCUT2D eigenvalue weighted by Crippen LogP contribution is -2.40. The molecule has 1 aliphatic rings. The van der Waals surface area contributed by atoms with Gasteiger partial charge in [0.25, 0.3) is 0 Å². The minimum Gasteiger partial charge on any atom is -0.369 e. The van der Waals surface area contributed by atoms with Crippen LogP contribution in [0.15, 0.2) is 24.3 Å². The van der Waals surface area contributed by atoms with Crippen LogP contribution in [0.2, 0.25) is 0 Å². The second-order valence-corrected chi connectivity index (χ2v) is 5.59. The Balaban J connectivity index is 2.07. The smallest absolute Gasteiger partial charge is 0.369 e. The number of benzene rings is 1. The number of nitrogens with one attached hydrogen (secondary N) is 1. The quantitative estimate of drug-likeness (QED) is 0.893. The van der Waals surface area contributed by atoms with Crippen LogP contribution in [0.25, 0.3) is 0 Å². The molecule has 1 heterocycles. The van der Waals surface area contributed by atoms with E-state index in [0.717, 1.165) is 6.07 Å². The number of nitrogens with zero attached hydrogens (tertiary/aromatic N) is 1. The van der Waals surface area contributed by atoms with Crippen LogP contribution in [0.3, 0.4) is 0 Å². The van der Waals surface area contributed by atoms with Crippen molar-refractivity contribution in [1.82, 2.24) is 10.2 Å². The molecule has 0 aliphatic carbocycles. The number of hydrogen-bond acceptors (Lipinski definition) is 2. The summed E-state index contributed by atoms with van der Waals surface area (Å²) in [5.41, 5.74) is 4.42. The second kappa shape index (κ2) is 6.47. The van der Waals surface area contributed by atoms with Crippen LogP contribution in [-0.2, 0) is 11.0 Å². The zero-order chi connectivity index (χ0) is 17.2. The first-order valence-electron chi connectivity index (χ1n) is 7.21. The van der Waals surface area contributed by atoms with E-state index in [0.29, 0.717) is 13.0 Å². The van der Waals surface area contributed by atoms with Crippen molar-refractivity contribution in [1.29, 1.82) is 0 Å². The predicted octanol–water partition coefficient (Wildman–Crippen LogP) is 2.28. The molecule has 3 N–H and O–H groups in total. The number of primary amides is 1. The molecule has 8 heteroatoms. The number of likely N-dealkylation sites (tertiary alicyclic amines) is 1. The van der Waals surface area contributed by atoms with Gasteiger partial charge in [0.2, 0.25) is 5.91 Å². The summed E-state index contributed by atoms with van der Waals surface area (Å²) in [7, 11) is 0. The number of urea groups is 1. The number of amides is 3. The molecular formula is C15H18F3N3O2. The van der Waals surface area contributed by atoms with E-state index in [1.807, 2.05) is 0 Å². The fourth-order valence-electron chi connectivity index (χ4n) is 2.66. The minimum atomic E-state index is -4.49. The van der Waals surface area contributed by atoms with E-state index in [9.17, 15) is 22.8 Å². The fourth-order valence-corrected chi connectivity index (χ4v) is 2.66. The van der Waals surface area contributed by atoms with Gasteiger partial charge in [-0.3, -0.25) is 4.79 Å². The van der Waals surface area contributed by atoms with Crippen LogP contribution in [0, 0.1) is 5.92 Å². The number of carbonyl (C=O) groups is 2. The Bertz CT molecular complexity index is 604. The molecule has 0 spiro atoms. The first-order chi connectivity index (χ1) is 10.7. The van der Waals surface area contributed by atoms with Crippen molar-refractivity contribution in [2.24, 2.45) is 11.7 Å². The first kappa shape index (κ1) is 17.1. The Morgan fingerprint density at radius 3 is 2.57 bits per heavy atom. The molecule has 1 fully saturated rings. The summed E-state index contributed by atoms with van der Waals surface area (Å²) in [6, 6.07) is 3.80. The summed E-state index contributed by atoms with van der Waals surface area (Å²) in [5.74, 6) is -0.880. The van der Waals surface area contributed by atoms with E-state index in [-0.39, 0.29) is 12.1 Å². The molecule has 0 bridgehead atoms. The van der Waals surface area contributed by atoms with Gasteiger partial charge in [-0.1, -0.05) is 18.2 Å². The van der Waals surface area contributed by atoms with Gasteiger partial charge in [-0.05, 0) is 25.0 Å². The van der Waals surface area contributed by atoms with Gasteiger partial charge in [0, 0.05) is 13.1 Å². The summed E-state index contributed by atoms with van der Waals surface area (Å²) in [6.45, 7) is 2.03. The molecule has 5 nitrogen and oxygen atoms in total. The van der Waals surface area contributed by atoms with Gasteiger partial charge in [0.1, 0.15) is 0 Å². The number of halogens is 3. The highest BCUT2D eigenvalue weighted by molar-refractivity contribution is 5.80. The molecule has 1 aromatic rings. The third kappa shape index (κ3) is 3.94. The van der Waals surface area contributed by atoms with E-state index >= 15 is 0 Å². The summed E-state index contributed by atoms with van der Waals surface area (Å²) < 4.78 is 39.0. The predicted molar refractivity (Wildman–Crippen MR) is 77.3 cm³/mol. The van der Waals surface area contributed by atoms with Gasteiger partial charge in [0.15, 0.2) is 0 Å². The standard InChI is InChI=1S/C15H18F3N3O2/c1-9(11-4-2-3-5-12(11)15(16,17)18)20-14(23)21-7-6-10(8-21)13(19)22/h2-5,9-10H,6-8H2,1H3,(H2,19,22)(H,20,23)/t9-,10+/m1/s1. The molecule has 1 aliphatic heterocycles. The van der Waals surface area contributed by atoms with Crippen molar-refractivity contribution in [3.8, 4) is 0 Å². The lowest BCUT2D eigenvalue weighted by Gasteiger charge is -2.23. The van der Waals surface area contributed by atoms with Crippen LogP contribution in [-0.4, -0.2) is 29.9 Å². The topological polar surface area (TPSA) is 75.4 Å². The molecule has 0 unspecified atom stereocenters. The number of alkyl halides is 3. The molecule has 3 amide bonds. The third-order valence-electron chi connectivity index (χ3n) is 3.95. The van der Waals surface area contributed by atoms with E-state index < -0.39 is 35.6 Å². The van der Waals surface area contributed by atoms with Crippen LogP contribution in [0.4, 0.5) is 18.0 Å². The average molecular weight is 329 g/mol. The Morgan fingerprint density at radius 2 is 2.00 bits per heavy atom. The van der Waals surface area contributed by atoms with Gasteiger partial charge in [-0.25, -0.2) is 4.79 Å². The SMILES string of the molecule is C[C@@H](NC(=O)N1CC[C@H](C(N)=O)C1)c1ccccc1C(F)(F)F. The highest BCUT2D eigenvalue weighted by atomic mass is 19.4. The molecule has 23 heavy (non-hydrogen) atoms. The van der Waals surface area contributed by atoms with E-state index in [1.165, 1.54) is 30.0 Å². The highest BCUT2D eigenvalue weighted by Crippen LogP contribution is 2.34. The van der Waals surface area contributed by atoms with Crippen molar-refractivity contribution in [3.63, 3.8) is 0 Å². The van der Waals surface area contributed by atoms with Crippen LogP contribution < -0.4 is 11.1 Å².